The van der Waals surface area contributed by atoms with Crippen molar-refractivity contribution in [1.82, 2.24) is 10.2 Å². The first kappa shape index (κ1) is 18.7. The number of alkyl halides is 3. The van der Waals surface area contributed by atoms with Crippen LogP contribution in [0.25, 0.3) is 0 Å². The SMILES string of the molecule is CCCNC(CC)CCCN(CC(F)(F)F)C(C)C. The third kappa shape index (κ3) is 10.2. The first-order valence-electron chi connectivity index (χ1n) is 7.34. The summed E-state index contributed by atoms with van der Waals surface area (Å²) in [7, 11) is 0. The van der Waals surface area contributed by atoms with E-state index >= 15 is 0 Å². The molecule has 116 valence electrons. The monoisotopic (exact) mass is 282 g/mol. The normalized spacial score (nSPS) is 14.4. The van der Waals surface area contributed by atoms with Crippen LogP contribution in [0.1, 0.15) is 53.4 Å². The maximum Gasteiger partial charge on any atom is 0.401 e. The van der Waals surface area contributed by atoms with Crippen molar-refractivity contribution in [2.24, 2.45) is 0 Å². The highest BCUT2D eigenvalue weighted by Gasteiger charge is 2.31. The average molecular weight is 282 g/mol. The van der Waals surface area contributed by atoms with Gasteiger partial charge in [-0.1, -0.05) is 13.8 Å². The van der Waals surface area contributed by atoms with Crippen LogP contribution in [0.4, 0.5) is 13.2 Å². The molecule has 0 saturated carbocycles. The number of nitrogens with zero attached hydrogens (tertiary/aromatic N) is 1. The summed E-state index contributed by atoms with van der Waals surface area (Å²) in [5.41, 5.74) is 0. The number of rotatable bonds is 10. The van der Waals surface area contributed by atoms with E-state index in [9.17, 15) is 13.2 Å². The molecule has 2 nitrogen and oxygen atoms in total. The molecule has 1 atom stereocenters. The minimum Gasteiger partial charge on any atom is -0.314 e. The minimum absolute atomic E-state index is 0.0645. The van der Waals surface area contributed by atoms with Crippen molar-refractivity contribution in [1.29, 1.82) is 0 Å². The van der Waals surface area contributed by atoms with Crippen LogP contribution in [0.5, 0.6) is 0 Å². The zero-order chi connectivity index (χ0) is 14.9. The third-order valence-corrected chi connectivity index (χ3v) is 3.29. The molecule has 0 aromatic carbocycles. The van der Waals surface area contributed by atoms with Crippen LogP contribution in [-0.2, 0) is 0 Å². The third-order valence-electron chi connectivity index (χ3n) is 3.29. The van der Waals surface area contributed by atoms with E-state index in [1.807, 2.05) is 13.8 Å². The minimum atomic E-state index is -4.10. The summed E-state index contributed by atoms with van der Waals surface area (Å²) in [6.07, 6.45) is -0.237. The Hall–Kier alpha value is -0.290. The van der Waals surface area contributed by atoms with E-state index in [-0.39, 0.29) is 6.04 Å². The fourth-order valence-electron chi connectivity index (χ4n) is 2.09. The first-order chi connectivity index (χ1) is 8.80. The Morgan fingerprint density at radius 3 is 2.21 bits per heavy atom. The molecule has 0 spiro atoms. The van der Waals surface area contributed by atoms with Crippen LogP contribution in [0, 0.1) is 0 Å². The highest BCUT2D eigenvalue weighted by molar-refractivity contribution is 4.70. The highest BCUT2D eigenvalue weighted by atomic mass is 19.4. The van der Waals surface area contributed by atoms with Gasteiger partial charge in [0.25, 0.3) is 0 Å². The molecule has 1 N–H and O–H groups in total. The Kier molecular flexibility index (Phi) is 9.44. The average Bonchev–Trinajstić information content (AvgIpc) is 2.30. The second-order valence-electron chi connectivity index (χ2n) is 5.38. The van der Waals surface area contributed by atoms with Crippen LogP contribution in [0.2, 0.25) is 0 Å². The zero-order valence-electron chi connectivity index (χ0n) is 12.7. The summed E-state index contributed by atoms with van der Waals surface area (Å²) in [5, 5.41) is 3.43. The van der Waals surface area contributed by atoms with E-state index in [0.29, 0.717) is 12.6 Å². The van der Waals surface area contributed by atoms with E-state index in [2.05, 4.69) is 19.2 Å². The van der Waals surface area contributed by atoms with Gasteiger partial charge in [0.2, 0.25) is 0 Å². The summed E-state index contributed by atoms with van der Waals surface area (Å²) >= 11 is 0. The topological polar surface area (TPSA) is 15.3 Å². The van der Waals surface area contributed by atoms with Crippen molar-refractivity contribution in [3.8, 4) is 0 Å². The summed E-state index contributed by atoms with van der Waals surface area (Å²) in [6, 6.07) is 0.366. The van der Waals surface area contributed by atoms with Gasteiger partial charge in [-0.15, -0.1) is 0 Å². The maximum atomic E-state index is 12.4. The lowest BCUT2D eigenvalue weighted by atomic mass is 10.1. The first-order valence-corrected chi connectivity index (χ1v) is 7.34. The molecule has 0 bridgehead atoms. The lowest BCUT2D eigenvalue weighted by Gasteiger charge is -2.28. The molecule has 0 fully saturated rings. The zero-order valence-corrected chi connectivity index (χ0v) is 12.7. The number of nitrogens with one attached hydrogen (secondary N) is 1. The highest BCUT2D eigenvalue weighted by Crippen LogP contribution is 2.18. The fourth-order valence-corrected chi connectivity index (χ4v) is 2.09. The number of halogens is 3. The van der Waals surface area contributed by atoms with E-state index in [4.69, 9.17) is 0 Å². The molecule has 0 radical (unpaired) electrons. The van der Waals surface area contributed by atoms with Crippen LogP contribution in [0.15, 0.2) is 0 Å². The second kappa shape index (κ2) is 9.59. The standard InChI is InChI=1S/C14H29F3N2/c1-5-9-18-13(6-2)8-7-10-19(12(3)4)11-14(15,16)17/h12-13,18H,5-11H2,1-4H3. The quantitative estimate of drug-likeness (QED) is 0.655. The summed E-state index contributed by atoms with van der Waals surface area (Å²) in [4.78, 5) is 1.51. The van der Waals surface area contributed by atoms with Gasteiger partial charge in [-0.3, -0.25) is 4.90 Å². The van der Waals surface area contributed by atoms with E-state index < -0.39 is 12.7 Å². The Labute approximate surface area is 115 Å². The van der Waals surface area contributed by atoms with Crippen LogP contribution in [-0.4, -0.2) is 42.8 Å². The molecule has 0 saturated heterocycles. The number of hydrogen-bond donors (Lipinski definition) is 1. The van der Waals surface area contributed by atoms with Gasteiger partial charge in [-0.2, -0.15) is 13.2 Å². The van der Waals surface area contributed by atoms with Crippen LogP contribution in [0.3, 0.4) is 0 Å². The van der Waals surface area contributed by atoms with E-state index in [1.54, 1.807) is 0 Å². The fraction of sp³-hybridized carbons (Fsp3) is 1.00. The molecule has 0 rings (SSSR count). The predicted octanol–water partition coefficient (Wildman–Crippen LogP) is 3.82. The molecule has 0 amide bonds. The van der Waals surface area contributed by atoms with Gasteiger partial charge in [0, 0.05) is 12.1 Å². The molecule has 0 aliphatic carbocycles. The van der Waals surface area contributed by atoms with E-state index in [1.165, 1.54) is 4.90 Å². The lowest BCUT2D eigenvalue weighted by Crippen LogP contribution is -2.40. The van der Waals surface area contributed by atoms with Crippen molar-refractivity contribution < 1.29 is 13.2 Å². The van der Waals surface area contributed by atoms with Crippen LogP contribution < -0.4 is 5.32 Å². The Balaban J connectivity index is 4.04. The molecule has 0 aromatic rings. The predicted molar refractivity (Wildman–Crippen MR) is 74.4 cm³/mol. The van der Waals surface area contributed by atoms with Crippen molar-refractivity contribution >= 4 is 0 Å². The molecule has 1 unspecified atom stereocenters. The molecule has 0 heterocycles. The summed E-state index contributed by atoms with van der Waals surface area (Å²) in [6.45, 7) is 8.56. The van der Waals surface area contributed by atoms with Gasteiger partial charge < -0.3 is 5.32 Å². The van der Waals surface area contributed by atoms with Gasteiger partial charge in [0.1, 0.15) is 0 Å². The van der Waals surface area contributed by atoms with Crippen molar-refractivity contribution in [3.63, 3.8) is 0 Å². The molecule has 19 heavy (non-hydrogen) atoms. The van der Waals surface area contributed by atoms with Crippen molar-refractivity contribution in [2.75, 3.05) is 19.6 Å². The molecule has 0 aliphatic rings. The molecule has 5 heteroatoms. The Morgan fingerprint density at radius 2 is 1.79 bits per heavy atom. The largest absolute Gasteiger partial charge is 0.401 e. The molecular weight excluding hydrogens is 253 g/mol. The van der Waals surface area contributed by atoms with Crippen LogP contribution >= 0.6 is 0 Å². The Morgan fingerprint density at radius 1 is 1.16 bits per heavy atom. The maximum absolute atomic E-state index is 12.4. The second-order valence-corrected chi connectivity index (χ2v) is 5.38. The van der Waals surface area contributed by atoms with Crippen molar-refractivity contribution in [2.45, 2.75) is 71.6 Å². The van der Waals surface area contributed by atoms with Gasteiger partial charge in [0.15, 0.2) is 0 Å². The van der Waals surface area contributed by atoms with Crippen molar-refractivity contribution in [3.05, 3.63) is 0 Å². The van der Waals surface area contributed by atoms with Gasteiger partial charge in [-0.05, 0) is 52.6 Å². The Bertz CT molecular complexity index is 217. The lowest BCUT2D eigenvalue weighted by molar-refractivity contribution is -0.149. The smallest absolute Gasteiger partial charge is 0.314 e. The van der Waals surface area contributed by atoms with E-state index in [0.717, 1.165) is 32.2 Å². The number of hydrogen-bond acceptors (Lipinski definition) is 2. The van der Waals surface area contributed by atoms with Gasteiger partial charge >= 0.3 is 6.18 Å². The molecule has 0 aromatic heterocycles. The molecular formula is C14H29F3N2. The molecule has 0 aliphatic heterocycles. The van der Waals surface area contributed by atoms with Gasteiger partial charge in [-0.25, -0.2) is 0 Å². The van der Waals surface area contributed by atoms with Gasteiger partial charge in [0.05, 0.1) is 6.54 Å². The summed E-state index contributed by atoms with van der Waals surface area (Å²) < 4.78 is 37.3. The summed E-state index contributed by atoms with van der Waals surface area (Å²) in [5.74, 6) is 0.